The van der Waals surface area contributed by atoms with Gasteiger partial charge in [0.2, 0.25) is 5.91 Å². The molecule has 0 bridgehead atoms. The van der Waals surface area contributed by atoms with E-state index in [1.54, 1.807) is 0 Å². The molecule has 1 aliphatic rings. The van der Waals surface area contributed by atoms with Gasteiger partial charge in [-0.15, -0.1) is 0 Å². The molecular formula is C17H26N2O. The SMILES string of the molecule is C[C@@H](C(=O)N1CCCCCCC1)[C@H](N)c1ccccc1. The third kappa shape index (κ3) is 3.83. The van der Waals surface area contributed by atoms with E-state index in [1.807, 2.05) is 42.2 Å². The minimum absolute atomic E-state index is 0.156. The molecule has 2 N–H and O–H groups in total. The molecule has 3 heteroatoms. The maximum Gasteiger partial charge on any atom is 0.227 e. The van der Waals surface area contributed by atoms with Gasteiger partial charge in [0, 0.05) is 19.1 Å². The van der Waals surface area contributed by atoms with Crippen LogP contribution in [-0.2, 0) is 4.79 Å². The van der Waals surface area contributed by atoms with Crippen LogP contribution < -0.4 is 5.73 Å². The number of benzene rings is 1. The molecule has 110 valence electrons. The Hall–Kier alpha value is -1.35. The molecule has 0 spiro atoms. The number of carbonyl (C=O) groups excluding carboxylic acids is 1. The molecule has 0 aromatic heterocycles. The Morgan fingerprint density at radius 3 is 2.20 bits per heavy atom. The summed E-state index contributed by atoms with van der Waals surface area (Å²) in [6.07, 6.45) is 6.03. The fourth-order valence-electron chi connectivity index (χ4n) is 2.87. The van der Waals surface area contributed by atoms with E-state index in [9.17, 15) is 4.79 Å². The summed E-state index contributed by atoms with van der Waals surface area (Å²) < 4.78 is 0. The van der Waals surface area contributed by atoms with E-state index in [2.05, 4.69) is 0 Å². The molecular weight excluding hydrogens is 248 g/mol. The first-order valence-electron chi connectivity index (χ1n) is 7.79. The molecule has 1 aromatic rings. The van der Waals surface area contributed by atoms with E-state index in [4.69, 9.17) is 5.73 Å². The number of nitrogens with two attached hydrogens (primary N) is 1. The van der Waals surface area contributed by atoms with Crippen molar-refractivity contribution in [2.24, 2.45) is 11.7 Å². The highest BCUT2D eigenvalue weighted by Crippen LogP contribution is 2.22. The van der Waals surface area contributed by atoms with E-state index >= 15 is 0 Å². The Kier molecular flexibility index (Phi) is 5.60. The normalized spacial score (nSPS) is 19.8. The second kappa shape index (κ2) is 7.44. The highest BCUT2D eigenvalue weighted by Gasteiger charge is 2.26. The van der Waals surface area contributed by atoms with Gasteiger partial charge in [-0.05, 0) is 18.4 Å². The molecule has 0 unspecified atom stereocenters. The molecule has 1 saturated heterocycles. The topological polar surface area (TPSA) is 46.3 Å². The van der Waals surface area contributed by atoms with Gasteiger partial charge in [0.05, 0.1) is 5.92 Å². The zero-order valence-corrected chi connectivity index (χ0v) is 12.4. The molecule has 0 radical (unpaired) electrons. The summed E-state index contributed by atoms with van der Waals surface area (Å²) in [5.74, 6) is 0.0556. The molecule has 1 heterocycles. The number of hydrogen-bond acceptors (Lipinski definition) is 2. The van der Waals surface area contributed by atoms with Crippen LogP contribution in [0.1, 0.15) is 50.6 Å². The Morgan fingerprint density at radius 1 is 1.05 bits per heavy atom. The third-order valence-electron chi connectivity index (χ3n) is 4.28. The second-order valence-electron chi connectivity index (χ2n) is 5.82. The van der Waals surface area contributed by atoms with E-state index in [0.717, 1.165) is 31.5 Å². The monoisotopic (exact) mass is 274 g/mol. The number of carbonyl (C=O) groups is 1. The van der Waals surface area contributed by atoms with Crippen LogP contribution in [0.5, 0.6) is 0 Å². The van der Waals surface area contributed by atoms with Crippen molar-refractivity contribution in [1.29, 1.82) is 0 Å². The standard InChI is InChI=1S/C17H26N2O/c1-14(16(18)15-10-6-5-7-11-15)17(20)19-12-8-3-2-4-9-13-19/h5-7,10-11,14,16H,2-4,8-9,12-13,18H2,1H3/t14-,16+/m1/s1. The van der Waals surface area contributed by atoms with Crippen molar-refractivity contribution >= 4 is 5.91 Å². The summed E-state index contributed by atoms with van der Waals surface area (Å²) in [5, 5.41) is 0. The Bertz CT molecular complexity index is 410. The van der Waals surface area contributed by atoms with Gasteiger partial charge < -0.3 is 10.6 Å². The van der Waals surface area contributed by atoms with Crippen molar-refractivity contribution < 1.29 is 4.79 Å². The van der Waals surface area contributed by atoms with Crippen LogP contribution in [0.15, 0.2) is 30.3 Å². The first-order chi connectivity index (χ1) is 9.70. The molecule has 2 rings (SSSR count). The highest BCUT2D eigenvalue weighted by atomic mass is 16.2. The van der Waals surface area contributed by atoms with Crippen LogP contribution in [-0.4, -0.2) is 23.9 Å². The summed E-state index contributed by atoms with van der Waals surface area (Å²) in [7, 11) is 0. The van der Waals surface area contributed by atoms with Crippen LogP contribution in [0.4, 0.5) is 0 Å². The van der Waals surface area contributed by atoms with Gasteiger partial charge in [0.1, 0.15) is 0 Å². The van der Waals surface area contributed by atoms with Gasteiger partial charge in [-0.25, -0.2) is 0 Å². The molecule has 1 aromatic carbocycles. The summed E-state index contributed by atoms with van der Waals surface area (Å²) in [6.45, 7) is 3.74. The summed E-state index contributed by atoms with van der Waals surface area (Å²) in [4.78, 5) is 14.6. The van der Waals surface area contributed by atoms with Gasteiger partial charge in [-0.1, -0.05) is 56.5 Å². The molecule has 1 fully saturated rings. The minimum Gasteiger partial charge on any atom is -0.342 e. The van der Waals surface area contributed by atoms with E-state index in [-0.39, 0.29) is 17.9 Å². The van der Waals surface area contributed by atoms with Crippen molar-refractivity contribution in [3.63, 3.8) is 0 Å². The van der Waals surface area contributed by atoms with Crippen LogP contribution in [0, 0.1) is 5.92 Å². The fraction of sp³-hybridized carbons (Fsp3) is 0.588. The van der Waals surface area contributed by atoms with Crippen molar-refractivity contribution in [3.05, 3.63) is 35.9 Å². The van der Waals surface area contributed by atoms with E-state index in [0.29, 0.717) is 0 Å². The minimum atomic E-state index is -0.214. The van der Waals surface area contributed by atoms with Gasteiger partial charge in [-0.2, -0.15) is 0 Å². The molecule has 1 aliphatic heterocycles. The first-order valence-corrected chi connectivity index (χ1v) is 7.79. The maximum absolute atomic E-state index is 12.6. The largest absolute Gasteiger partial charge is 0.342 e. The zero-order valence-electron chi connectivity index (χ0n) is 12.4. The first kappa shape index (κ1) is 15.0. The van der Waals surface area contributed by atoms with Gasteiger partial charge in [0.25, 0.3) is 0 Å². The number of likely N-dealkylation sites (tertiary alicyclic amines) is 1. The molecule has 1 amide bonds. The van der Waals surface area contributed by atoms with E-state index < -0.39 is 0 Å². The smallest absolute Gasteiger partial charge is 0.227 e. The fourth-order valence-corrected chi connectivity index (χ4v) is 2.87. The quantitative estimate of drug-likeness (QED) is 0.920. The highest BCUT2D eigenvalue weighted by molar-refractivity contribution is 5.79. The van der Waals surface area contributed by atoms with Crippen molar-refractivity contribution in [3.8, 4) is 0 Å². The number of rotatable bonds is 3. The van der Waals surface area contributed by atoms with Gasteiger partial charge >= 0.3 is 0 Å². The van der Waals surface area contributed by atoms with E-state index in [1.165, 1.54) is 19.3 Å². The van der Waals surface area contributed by atoms with Gasteiger partial charge in [0.15, 0.2) is 0 Å². The van der Waals surface area contributed by atoms with Crippen molar-refractivity contribution in [2.45, 2.75) is 45.1 Å². The molecule has 3 nitrogen and oxygen atoms in total. The average molecular weight is 274 g/mol. The number of nitrogens with zero attached hydrogens (tertiary/aromatic N) is 1. The van der Waals surface area contributed by atoms with Crippen molar-refractivity contribution in [1.82, 2.24) is 4.90 Å². The molecule has 2 atom stereocenters. The summed E-state index contributed by atoms with van der Waals surface area (Å²) in [6, 6.07) is 9.71. The van der Waals surface area contributed by atoms with Gasteiger partial charge in [-0.3, -0.25) is 4.79 Å². The molecule has 0 saturated carbocycles. The van der Waals surface area contributed by atoms with Crippen LogP contribution in [0.2, 0.25) is 0 Å². The Labute approximate surface area is 122 Å². The third-order valence-corrected chi connectivity index (χ3v) is 4.28. The Morgan fingerprint density at radius 2 is 1.60 bits per heavy atom. The molecule has 0 aliphatic carbocycles. The lowest BCUT2D eigenvalue weighted by Crippen LogP contribution is -2.40. The number of hydrogen-bond donors (Lipinski definition) is 1. The lowest BCUT2D eigenvalue weighted by molar-refractivity contribution is -0.136. The predicted octanol–water partition coefficient (Wildman–Crippen LogP) is 3.12. The average Bonchev–Trinajstić information content (AvgIpc) is 2.46. The number of amides is 1. The van der Waals surface area contributed by atoms with Crippen molar-refractivity contribution in [2.75, 3.05) is 13.1 Å². The lowest BCUT2D eigenvalue weighted by Gasteiger charge is -2.30. The zero-order chi connectivity index (χ0) is 14.4. The maximum atomic E-state index is 12.6. The second-order valence-corrected chi connectivity index (χ2v) is 5.82. The summed E-state index contributed by atoms with van der Waals surface area (Å²) in [5.41, 5.74) is 7.31. The molecule has 20 heavy (non-hydrogen) atoms. The Balaban J connectivity index is 1.99. The lowest BCUT2D eigenvalue weighted by atomic mass is 9.93. The summed E-state index contributed by atoms with van der Waals surface area (Å²) >= 11 is 0. The van der Waals surface area contributed by atoms with Crippen LogP contribution in [0.25, 0.3) is 0 Å². The van der Waals surface area contributed by atoms with Crippen LogP contribution >= 0.6 is 0 Å². The predicted molar refractivity (Wildman–Crippen MR) is 82.2 cm³/mol. The van der Waals surface area contributed by atoms with Crippen LogP contribution in [0.3, 0.4) is 0 Å².